The SMILES string of the molecule is COc1ccc(N[C@@H](C)C(=O)c2c(N)n(C)c(=O)n(C)c2=O)cc1. The van der Waals surface area contributed by atoms with Gasteiger partial charge < -0.3 is 15.8 Å². The largest absolute Gasteiger partial charge is 0.497 e. The molecule has 0 spiro atoms. The van der Waals surface area contributed by atoms with E-state index in [1.54, 1.807) is 38.3 Å². The maximum atomic E-state index is 12.6. The van der Waals surface area contributed by atoms with Gasteiger partial charge >= 0.3 is 5.69 Å². The van der Waals surface area contributed by atoms with Crippen LogP contribution in [-0.4, -0.2) is 28.1 Å². The minimum atomic E-state index is -0.705. The van der Waals surface area contributed by atoms with Crippen molar-refractivity contribution in [2.24, 2.45) is 14.1 Å². The van der Waals surface area contributed by atoms with E-state index >= 15 is 0 Å². The number of aromatic nitrogens is 2. The lowest BCUT2D eigenvalue weighted by atomic mass is 10.1. The van der Waals surface area contributed by atoms with Crippen LogP contribution in [0.15, 0.2) is 33.9 Å². The van der Waals surface area contributed by atoms with Gasteiger partial charge in [-0.15, -0.1) is 0 Å². The summed E-state index contributed by atoms with van der Waals surface area (Å²) in [5, 5.41) is 3.00. The summed E-state index contributed by atoms with van der Waals surface area (Å²) >= 11 is 0. The van der Waals surface area contributed by atoms with Crippen LogP contribution in [0.1, 0.15) is 17.3 Å². The number of hydrogen-bond acceptors (Lipinski definition) is 6. The Morgan fingerprint density at radius 3 is 2.29 bits per heavy atom. The van der Waals surface area contributed by atoms with Crippen molar-refractivity contribution in [3.63, 3.8) is 0 Å². The molecular formula is C16H20N4O4. The summed E-state index contributed by atoms with van der Waals surface area (Å²) in [6.45, 7) is 1.62. The Balaban J connectivity index is 2.34. The lowest BCUT2D eigenvalue weighted by Crippen LogP contribution is -2.43. The molecule has 1 heterocycles. The van der Waals surface area contributed by atoms with Crippen LogP contribution in [-0.2, 0) is 14.1 Å². The number of nitrogens with two attached hydrogens (primary N) is 1. The molecule has 0 amide bonds. The normalized spacial score (nSPS) is 11.8. The standard InChI is InChI=1S/C16H20N4O4/c1-9(18-10-5-7-11(24-4)8-6-10)13(21)12-14(17)19(2)16(23)20(3)15(12)22/h5-9,18H,17H2,1-4H3/t9-/m0/s1. The number of carbonyl (C=O) groups excluding carboxylic acids is 1. The molecule has 2 rings (SSSR count). The zero-order chi connectivity index (χ0) is 18.0. The second-order valence-electron chi connectivity index (χ2n) is 5.42. The predicted molar refractivity (Wildman–Crippen MR) is 91.7 cm³/mol. The molecule has 24 heavy (non-hydrogen) atoms. The summed E-state index contributed by atoms with van der Waals surface area (Å²) < 4.78 is 7.02. The first-order valence-corrected chi connectivity index (χ1v) is 7.28. The van der Waals surface area contributed by atoms with Crippen LogP contribution in [0.2, 0.25) is 0 Å². The van der Waals surface area contributed by atoms with Gasteiger partial charge in [0.1, 0.15) is 17.1 Å². The number of anilines is 2. The first kappa shape index (κ1) is 17.3. The van der Waals surface area contributed by atoms with Crippen molar-refractivity contribution in [3.8, 4) is 5.75 Å². The molecule has 0 radical (unpaired) electrons. The van der Waals surface area contributed by atoms with E-state index in [9.17, 15) is 14.4 Å². The highest BCUT2D eigenvalue weighted by molar-refractivity contribution is 6.04. The Morgan fingerprint density at radius 2 is 1.75 bits per heavy atom. The molecule has 0 aliphatic rings. The van der Waals surface area contributed by atoms with Gasteiger partial charge in [-0.25, -0.2) is 4.79 Å². The quantitative estimate of drug-likeness (QED) is 0.765. The Hall–Kier alpha value is -3.03. The van der Waals surface area contributed by atoms with E-state index < -0.39 is 23.1 Å². The summed E-state index contributed by atoms with van der Waals surface area (Å²) in [6.07, 6.45) is 0. The van der Waals surface area contributed by atoms with Crippen molar-refractivity contribution < 1.29 is 9.53 Å². The number of rotatable bonds is 5. The Labute approximate surface area is 138 Å². The number of nitrogen functional groups attached to an aromatic ring is 1. The van der Waals surface area contributed by atoms with Gasteiger partial charge in [0, 0.05) is 19.8 Å². The highest BCUT2D eigenvalue weighted by Gasteiger charge is 2.24. The summed E-state index contributed by atoms with van der Waals surface area (Å²) in [4.78, 5) is 36.7. The third-order valence-corrected chi connectivity index (χ3v) is 3.82. The highest BCUT2D eigenvalue weighted by atomic mass is 16.5. The minimum absolute atomic E-state index is 0.142. The molecule has 8 nitrogen and oxygen atoms in total. The van der Waals surface area contributed by atoms with Crippen LogP contribution in [0.25, 0.3) is 0 Å². The van der Waals surface area contributed by atoms with Crippen LogP contribution >= 0.6 is 0 Å². The fourth-order valence-electron chi connectivity index (χ4n) is 2.31. The maximum absolute atomic E-state index is 12.6. The molecule has 0 saturated carbocycles. The number of Topliss-reactive ketones (excluding diaryl/α,β-unsaturated/α-hetero) is 1. The van der Waals surface area contributed by atoms with Gasteiger partial charge in [0.25, 0.3) is 5.56 Å². The van der Waals surface area contributed by atoms with Crippen LogP contribution in [0.3, 0.4) is 0 Å². The van der Waals surface area contributed by atoms with Gasteiger partial charge in [0.15, 0.2) is 5.78 Å². The van der Waals surface area contributed by atoms with Gasteiger partial charge in [-0.1, -0.05) is 0 Å². The molecule has 0 fully saturated rings. The third kappa shape index (κ3) is 3.03. The lowest BCUT2D eigenvalue weighted by Gasteiger charge is -2.17. The van der Waals surface area contributed by atoms with E-state index in [1.807, 2.05) is 0 Å². The average Bonchev–Trinajstić information content (AvgIpc) is 2.59. The molecule has 0 aliphatic heterocycles. The molecule has 1 aromatic carbocycles. The molecule has 1 atom stereocenters. The molecule has 0 saturated heterocycles. The number of hydrogen-bond donors (Lipinski definition) is 2. The van der Waals surface area contributed by atoms with E-state index in [4.69, 9.17) is 10.5 Å². The summed E-state index contributed by atoms with van der Waals surface area (Å²) in [7, 11) is 4.28. The van der Waals surface area contributed by atoms with Crippen LogP contribution in [0.5, 0.6) is 5.75 Å². The monoisotopic (exact) mass is 332 g/mol. The van der Waals surface area contributed by atoms with E-state index in [2.05, 4.69) is 5.32 Å². The Morgan fingerprint density at radius 1 is 1.17 bits per heavy atom. The van der Waals surface area contributed by atoms with Crippen molar-refractivity contribution in [2.45, 2.75) is 13.0 Å². The van der Waals surface area contributed by atoms with Gasteiger partial charge in [0.2, 0.25) is 0 Å². The lowest BCUT2D eigenvalue weighted by molar-refractivity contribution is 0.0973. The topological polar surface area (TPSA) is 108 Å². The molecule has 0 bridgehead atoms. The van der Waals surface area contributed by atoms with E-state index in [0.717, 1.165) is 9.13 Å². The van der Waals surface area contributed by atoms with Crippen molar-refractivity contribution >= 4 is 17.3 Å². The van der Waals surface area contributed by atoms with Crippen molar-refractivity contribution in [1.82, 2.24) is 9.13 Å². The van der Waals surface area contributed by atoms with Gasteiger partial charge in [0.05, 0.1) is 13.2 Å². The molecule has 8 heteroatoms. The van der Waals surface area contributed by atoms with Crippen molar-refractivity contribution in [1.29, 1.82) is 0 Å². The van der Waals surface area contributed by atoms with Gasteiger partial charge in [-0.05, 0) is 31.2 Å². The molecule has 2 aromatic rings. The zero-order valence-electron chi connectivity index (χ0n) is 14.0. The summed E-state index contributed by atoms with van der Waals surface area (Å²) in [6, 6.07) is 6.30. The van der Waals surface area contributed by atoms with Gasteiger partial charge in [-0.2, -0.15) is 0 Å². The Kier molecular flexibility index (Phi) is 4.77. The van der Waals surface area contributed by atoms with Crippen molar-refractivity contribution in [3.05, 3.63) is 50.7 Å². The minimum Gasteiger partial charge on any atom is -0.497 e. The number of nitrogens with one attached hydrogen (secondary N) is 1. The van der Waals surface area contributed by atoms with Crippen molar-refractivity contribution in [2.75, 3.05) is 18.2 Å². The fourth-order valence-corrected chi connectivity index (χ4v) is 2.31. The van der Waals surface area contributed by atoms with Crippen LogP contribution in [0, 0.1) is 0 Å². The van der Waals surface area contributed by atoms with E-state index in [0.29, 0.717) is 11.4 Å². The highest BCUT2D eigenvalue weighted by Crippen LogP contribution is 2.17. The molecule has 0 aliphatic carbocycles. The number of nitrogens with zero attached hydrogens (tertiary/aromatic N) is 2. The number of ketones is 1. The molecular weight excluding hydrogens is 312 g/mol. The van der Waals surface area contributed by atoms with Gasteiger partial charge in [-0.3, -0.25) is 18.7 Å². The predicted octanol–water partition coefficient (Wildman–Crippen LogP) is 0.358. The molecule has 3 N–H and O–H groups in total. The second-order valence-corrected chi connectivity index (χ2v) is 5.42. The number of benzene rings is 1. The molecule has 0 unspecified atom stereocenters. The van der Waals surface area contributed by atoms with E-state index in [1.165, 1.54) is 14.1 Å². The van der Waals surface area contributed by atoms with Crippen LogP contribution < -0.4 is 27.0 Å². The number of ether oxygens (including phenoxy) is 1. The first-order valence-electron chi connectivity index (χ1n) is 7.28. The number of carbonyl (C=O) groups is 1. The second kappa shape index (κ2) is 6.61. The fraction of sp³-hybridized carbons (Fsp3) is 0.312. The Bertz CT molecular complexity index is 881. The third-order valence-electron chi connectivity index (χ3n) is 3.82. The summed E-state index contributed by atoms with van der Waals surface area (Å²) in [5.74, 6) is 0.0618. The molecule has 128 valence electrons. The van der Waals surface area contributed by atoms with Crippen LogP contribution in [0.4, 0.5) is 11.5 Å². The smallest absolute Gasteiger partial charge is 0.332 e. The first-order chi connectivity index (χ1) is 11.3. The maximum Gasteiger partial charge on any atom is 0.332 e. The summed E-state index contributed by atoms with van der Waals surface area (Å²) in [5.41, 5.74) is 5.01. The molecule has 1 aromatic heterocycles. The number of methoxy groups -OCH3 is 1. The zero-order valence-corrected chi connectivity index (χ0v) is 14.0. The van der Waals surface area contributed by atoms with E-state index in [-0.39, 0.29) is 11.4 Å². The average molecular weight is 332 g/mol.